The summed E-state index contributed by atoms with van der Waals surface area (Å²) in [6, 6.07) is 0. The number of likely N-dealkylation sites (tertiary alicyclic amines) is 1. The van der Waals surface area contributed by atoms with E-state index >= 15 is 0 Å². The second kappa shape index (κ2) is 51.7. The van der Waals surface area contributed by atoms with Crippen LogP contribution in [0.25, 0.3) is 0 Å². The second-order valence-corrected chi connectivity index (χ2v) is 26.1. The van der Waals surface area contributed by atoms with Crippen LogP contribution in [0.2, 0.25) is 0 Å². The van der Waals surface area contributed by atoms with E-state index < -0.39 is 0 Å². The standard InChI is InChI=1S/C42H79N3S2.C22H44O.C2H4/c1-10-12-13-14-15-16-17-20-25-38(3)35-41(6,7)36-42(8,9)37-45(29-11-2)40(5)27-24-34-47-46-33-23-26-39(4)43-28-32-44-30-21-18-19-22-31-44;1-4-7-9-11-13-15-18-21(20-22(23)17-6-3)19-16-14-12-10-8-5-2;1-2/h16-17,43H,3-5,10-15,18-37H2,1-2,6-9H3;21H,4-20H2,1-3H3;1-2H2/b17-16-;;. The lowest BCUT2D eigenvalue weighted by atomic mass is 9.71. The zero-order chi connectivity index (χ0) is 54.0. The van der Waals surface area contributed by atoms with E-state index in [2.05, 4.69) is 122 Å². The molecule has 6 heteroatoms. The van der Waals surface area contributed by atoms with Crippen LogP contribution in [-0.4, -0.2) is 66.4 Å². The number of nitrogens with zero attached hydrogens (tertiary/aromatic N) is 2. The van der Waals surface area contributed by atoms with Crippen LogP contribution in [0.4, 0.5) is 0 Å². The van der Waals surface area contributed by atoms with E-state index in [1.165, 1.54) is 215 Å². The van der Waals surface area contributed by atoms with Crippen LogP contribution in [0, 0.1) is 16.7 Å². The first-order valence-corrected chi connectivity index (χ1v) is 33.4. The van der Waals surface area contributed by atoms with Crippen LogP contribution in [-0.2, 0) is 4.79 Å². The molecule has 0 radical (unpaired) electrons. The third-order valence-electron chi connectivity index (χ3n) is 14.3. The number of carbonyl (C=O) groups excluding carboxylic acids is 1. The van der Waals surface area contributed by atoms with E-state index in [9.17, 15) is 4.79 Å². The fourth-order valence-corrected chi connectivity index (χ4v) is 13.0. The molecule has 424 valence electrons. The van der Waals surface area contributed by atoms with Gasteiger partial charge < -0.3 is 15.1 Å². The molecule has 0 atom stereocenters. The lowest BCUT2D eigenvalue weighted by Gasteiger charge is -2.40. The maximum atomic E-state index is 12.0. The molecule has 1 N–H and O–H groups in total. The van der Waals surface area contributed by atoms with Gasteiger partial charge in [-0.15, -0.1) is 13.2 Å². The number of hydrogen-bond donors (Lipinski definition) is 1. The highest BCUT2D eigenvalue weighted by Crippen LogP contribution is 2.40. The van der Waals surface area contributed by atoms with Gasteiger partial charge in [0.25, 0.3) is 0 Å². The first kappa shape index (κ1) is 72.7. The minimum Gasteiger partial charge on any atom is -0.388 e. The molecule has 1 heterocycles. The van der Waals surface area contributed by atoms with Gasteiger partial charge in [-0.1, -0.05) is 243 Å². The number of carbonyl (C=O) groups is 1. The molecular formula is C66H127N3OS2. The summed E-state index contributed by atoms with van der Waals surface area (Å²) < 4.78 is 0. The van der Waals surface area contributed by atoms with Crippen molar-refractivity contribution in [3.8, 4) is 0 Å². The van der Waals surface area contributed by atoms with Crippen LogP contribution in [0.1, 0.15) is 287 Å². The predicted octanol–water partition coefficient (Wildman–Crippen LogP) is 21.5. The van der Waals surface area contributed by atoms with Crippen molar-refractivity contribution in [2.75, 3.05) is 50.8 Å². The van der Waals surface area contributed by atoms with Gasteiger partial charge in [-0.05, 0) is 120 Å². The summed E-state index contributed by atoms with van der Waals surface area (Å²) in [5.41, 5.74) is 4.44. The van der Waals surface area contributed by atoms with E-state index in [1.807, 2.05) is 21.6 Å². The van der Waals surface area contributed by atoms with Gasteiger partial charge in [-0.2, -0.15) is 0 Å². The molecular weight excluding hydrogens is 915 g/mol. The van der Waals surface area contributed by atoms with Crippen molar-refractivity contribution in [1.29, 1.82) is 0 Å². The van der Waals surface area contributed by atoms with Gasteiger partial charge in [0.05, 0.1) is 0 Å². The summed E-state index contributed by atoms with van der Waals surface area (Å²) in [6.45, 7) is 47.3. The molecule has 0 unspecified atom stereocenters. The van der Waals surface area contributed by atoms with Gasteiger partial charge in [0.15, 0.2) is 0 Å². The Morgan fingerprint density at radius 3 is 1.69 bits per heavy atom. The Kier molecular flexibility index (Phi) is 52.2. The lowest BCUT2D eigenvalue weighted by molar-refractivity contribution is -0.120. The summed E-state index contributed by atoms with van der Waals surface area (Å²) in [4.78, 5) is 17.2. The van der Waals surface area contributed by atoms with E-state index in [0.29, 0.717) is 11.7 Å². The van der Waals surface area contributed by atoms with E-state index in [0.717, 1.165) is 77.5 Å². The number of Topliss-reactive ketones (excluding diaryl/α,β-unsaturated/α-hetero) is 1. The molecule has 0 aromatic heterocycles. The molecule has 0 aromatic carbocycles. The van der Waals surface area contributed by atoms with E-state index in [1.54, 1.807) is 0 Å². The first-order chi connectivity index (χ1) is 34.7. The molecule has 1 saturated heterocycles. The number of ketones is 1. The van der Waals surface area contributed by atoms with Crippen molar-refractivity contribution in [2.45, 2.75) is 287 Å². The summed E-state index contributed by atoms with van der Waals surface area (Å²) in [5, 5.41) is 3.58. The Balaban J connectivity index is 0. The van der Waals surface area contributed by atoms with Crippen LogP contribution in [0.15, 0.2) is 62.0 Å². The van der Waals surface area contributed by atoms with Crippen molar-refractivity contribution in [3.63, 3.8) is 0 Å². The van der Waals surface area contributed by atoms with Crippen LogP contribution < -0.4 is 5.32 Å². The average molecular weight is 1040 g/mol. The van der Waals surface area contributed by atoms with Crippen molar-refractivity contribution in [3.05, 3.63) is 62.0 Å². The molecule has 0 aromatic rings. The molecule has 1 fully saturated rings. The fourth-order valence-electron chi connectivity index (χ4n) is 10.8. The summed E-state index contributed by atoms with van der Waals surface area (Å²) >= 11 is 0. The Labute approximate surface area is 461 Å². The van der Waals surface area contributed by atoms with Crippen molar-refractivity contribution < 1.29 is 4.79 Å². The number of nitrogens with one attached hydrogen (secondary N) is 1. The topological polar surface area (TPSA) is 35.6 Å². The Bertz CT molecular complexity index is 1270. The van der Waals surface area contributed by atoms with Crippen LogP contribution in [0.5, 0.6) is 0 Å². The number of hydrogen-bond acceptors (Lipinski definition) is 6. The number of allylic oxidation sites excluding steroid dienone is 5. The molecule has 1 rings (SSSR count). The van der Waals surface area contributed by atoms with Gasteiger partial charge >= 0.3 is 0 Å². The first-order valence-electron chi connectivity index (χ1n) is 30.9. The monoisotopic (exact) mass is 1040 g/mol. The van der Waals surface area contributed by atoms with Gasteiger partial charge in [0, 0.05) is 61.9 Å². The van der Waals surface area contributed by atoms with Crippen molar-refractivity contribution in [1.82, 2.24) is 15.1 Å². The summed E-state index contributed by atoms with van der Waals surface area (Å²) in [6.07, 6.45) is 49.0. The van der Waals surface area contributed by atoms with Gasteiger partial charge in [0.2, 0.25) is 0 Å². The lowest BCUT2D eigenvalue weighted by Crippen LogP contribution is -2.37. The second-order valence-electron chi connectivity index (χ2n) is 23.4. The summed E-state index contributed by atoms with van der Waals surface area (Å²) in [7, 11) is 4.07. The Hall–Kier alpha value is -1.37. The smallest absolute Gasteiger partial charge is 0.133 e. The normalized spacial score (nSPS) is 13.3. The number of rotatable bonds is 48. The quantitative estimate of drug-likeness (QED) is 0.0372. The summed E-state index contributed by atoms with van der Waals surface area (Å²) in [5.74, 6) is 3.58. The molecule has 0 aliphatic carbocycles. The third-order valence-corrected chi connectivity index (χ3v) is 16.8. The Morgan fingerprint density at radius 1 is 0.611 bits per heavy atom. The van der Waals surface area contributed by atoms with Crippen LogP contribution >= 0.6 is 21.6 Å². The molecule has 1 aliphatic heterocycles. The van der Waals surface area contributed by atoms with E-state index in [-0.39, 0.29) is 10.8 Å². The highest BCUT2D eigenvalue weighted by molar-refractivity contribution is 8.76. The highest BCUT2D eigenvalue weighted by Gasteiger charge is 2.31. The van der Waals surface area contributed by atoms with Gasteiger partial charge in [0.1, 0.15) is 5.78 Å². The minimum absolute atomic E-state index is 0.233. The largest absolute Gasteiger partial charge is 0.388 e. The molecule has 0 bridgehead atoms. The molecule has 0 saturated carbocycles. The SMILES string of the molecule is C=C.C=C(CC/C=C\CCCCCC)CC(C)(C)CC(C)(C)CN(CCC)C(=C)CCCSSCCCC(=C)NCCN1CCCCCC1.CCCCCCCCC(CCCCCCCC)CC(=O)CCC. The molecule has 0 spiro atoms. The zero-order valence-corrected chi connectivity index (χ0v) is 51.9. The van der Waals surface area contributed by atoms with Crippen molar-refractivity contribution in [2.24, 2.45) is 16.7 Å². The average Bonchev–Trinajstić information content (AvgIpc) is 3.62. The highest BCUT2D eigenvalue weighted by atomic mass is 33.1. The molecule has 4 nitrogen and oxygen atoms in total. The maximum absolute atomic E-state index is 12.0. The molecule has 0 amide bonds. The van der Waals surface area contributed by atoms with Gasteiger partial charge in [-0.25, -0.2) is 0 Å². The Morgan fingerprint density at radius 2 is 1.14 bits per heavy atom. The van der Waals surface area contributed by atoms with Crippen LogP contribution in [0.3, 0.4) is 0 Å². The predicted molar refractivity (Wildman–Crippen MR) is 335 cm³/mol. The number of unbranched alkanes of at least 4 members (excludes halogenated alkanes) is 14. The van der Waals surface area contributed by atoms with Crippen molar-refractivity contribution >= 4 is 27.4 Å². The third kappa shape index (κ3) is 48.3. The molecule has 72 heavy (non-hydrogen) atoms. The zero-order valence-electron chi connectivity index (χ0n) is 50.3. The van der Waals surface area contributed by atoms with E-state index in [4.69, 9.17) is 0 Å². The molecule has 1 aliphatic rings. The fraction of sp³-hybridized carbons (Fsp3) is 0.833. The van der Waals surface area contributed by atoms with Gasteiger partial charge in [-0.3, -0.25) is 4.79 Å². The maximum Gasteiger partial charge on any atom is 0.133 e. The minimum atomic E-state index is 0.233.